The van der Waals surface area contributed by atoms with E-state index in [0.29, 0.717) is 0 Å². The predicted molar refractivity (Wildman–Crippen MR) is 72.3 cm³/mol. The van der Waals surface area contributed by atoms with E-state index in [2.05, 4.69) is 33.8 Å². The van der Waals surface area contributed by atoms with Crippen LogP contribution < -0.4 is 5.73 Å². The molecule has 0 unspecified atom stereocenters. The molecule has 1 fully saturated rings. The number of hydrogen-bond acceptors (Lipinski definition) is 2. The topological polar surface area (TPSA) is 26.0 Å². The zero-order valence-corrected chi connectivity index (χ0v) is 11.1. The second-order valence-electron chi connectivity index (χ2n) is 4.10. The Balaban J connectivity index is 2.05. The van der Waals surface area contributed by atoms with Gasteiger partial charge < -0.3 is 5.73 Å². The lowest BCUT2D eigenvalue weighted by Crippen LogP contribution is -2.13. The minimum absolute atomic E-state index is 0.836. The predicted octanol–water partition coefficient (Wildman–Crippen LogP) is 3.72. The maximum absolute atomic E-state index is 5.98. The Bertz CT molecular complexity index is 334. The zero-order valence-electron chi connectivity index (χ0n) is 8.71. The van der Waals surface area contributed by atoms with Crippen molar-refractivity contribution >= 4 is 33.4 Å². The Kier molecular flexibility index (Phi) is 3.98. The van der Waals surface area contributed by atoms with Crippen molar-refractivity contribution in [3.63, 3.8) is 0 Å². The Morgan fingerprint density at radius 2 is 2.07 bits per heavy atom. The van der Waals surface area contributed by atoms with Gasteiger partial charge >= 0.3 is 0 Å². The Morgan fingerprint density at radius 1 is 1.33 bits per heavy atom. The van der Waals surface area contributed by atoms with Gasteiger partial charge in [0.05, 0.1) is 0 Å². The van der Waals surface area contributed by atoms with Gasteiger partial charge in [-0.1, -0.05) is 15.9 Å². The summed E-state index contributed by atoms with van der Waals surface area (Å²) in [6.45, 7) is 0. The van der Waals surface area contributed by atoms with Gasteiger partial charge in [0, 0.05) is 10.2 Å². The fourth-order valence-electron chi connectivity index (χ4n) is 2.01. The minimum atomic E-state index is 0.836. The number of anilines is 1. The van der Waals surface area contributed by atoms with Gasteiger partial charge in [0.15, 0.2) is 0 Å². The quantitative estimate of drug-likeness (QED) is 0.839. The average Bonchev–Trinajstić information content (AvgIpc) is 2.25. The third kappa shape index (κ3) is 3.15. The standard InChI is InChI=1S/C12H16BrNS/c13-11-1-2-12(14)10(8-11)7-9-3-5-15-6-4-9/h1-2,8-9H,3-7,14H2. The first-order valence-corrected chi connectivity index (χ1v) is 7.32. The van der Waals surface area contributed by atoms with Crippen LogP contribution in [0.1, 0.15) is 18.4 Å². The molecule has 1 aliphatic heterocycles. The summed E-state index contributed by atoms with van der Waals surface area (Å²) >= 11 is 5.58. The van der Waals surface area contributed by atoms with Gasteiger partial charge in [-0.15, -0.1) is 0 Å². The number of nitrogen functional groups attached to an aromatic ring is 1. The summed E-state index contributed by atoms with van der Waals surface area (Å²) < 4.78 is 1.14. The molecule has 0 radical (unpaired) electrons. The van der Waals surface area contributed by atoms with Gasteiger partial charge in [-0.05, 0) is 60.4 Å². The number of halogens is 1. The molecule has 2 N–H and O–H groups in total. The monoisotopic (exact) mass is 285 g/mol. The third-order valence-electron chi connectivity index (χ3n) is 2.95. The van der Waals surface area contributed by atoms with Crippen molar-refractivity contribution in [3.05, 3.63) is 28.2 Å². The van der Waals surface area contributed by atoms with E-state index in [1.54, 1.807) is 0 Å². The molecule has 1 nitrogen and oxygen atoms in total. The van der Waals surface area contributed by atoms with Crippen molar-refractivity contribution in [2.45, 2.75) is 19.3 Å². The molecule has 1 saturated heterocycles. The molecule has 15 heavy (non-hydrogen) atoms. The fraction of sp³-hybridized carbons (Fsp3) is 0.500. The molecule has 1 aliphatic rings. The van der Waals surface area contributed by atoms with E-state index in [4.69, 9.17) is 5.73 Å². The van der Waals surface area contributed by atoms with Gasteiger partial charge in [-0.2, -0.15) is 11.8 Å². The molecule has 2 rings (SSSR count). The highest BCUT2D eigenvalue weighted by Gasteiger charge is 2.15. The van der Waals surface area contributed by atoms with Crippen molar-refractivity contribution < 1.29 is 0 Å². The Labute approximate surface area is 104 Å². The minimum Gasteiger partial charge on any atom is -0.399 e. The first kappa shape index (κ1) is 11.3. The molecular formula is C12H16BrNS. The summed E-state index contributed by atoms with van der Waals surface area (Å²) in [5.74, 6) is 3.47. The van der Waals surface area contributed by atoms with Gasteiger partial charge in [-0.3, -0.25) is 0 Å². The van der Waals surface area contributed by atoms with Crippen molar-refractivity contribution in [1.82, 2.24) is 0 Å². The largest absolute Gasteiger partial charge is 0.399 e. The molecule has 82 valence electrons. The zero-order chi connectivity index (χ0) is 10.7. The van der Waals surface area contributed by atoms with Crippen LogP contribution in [0, 0.1) is 5.92 Å². The average molecular weight is 286 g/mol. The van der Waals surface area contributed by atoms with Crippen molar-refractivity contribution in [3.8, 4) is 0 Å². The highest BCUT2D eigenvalue weighted by molar-refractivity contribution is 9.10. The first-order chi connectivity index (χ1) is 7.25. The normalized spacial score (nSPS) is 17.9. The maximum Gasteiger partial charge on any atom is 0.0347 e. The van der Waals surface area contributed by atoms with Crippen LogP contribution in [0.15, 0.2) is 22.7 Å². The highest BCUT2D eigenvalue weighted by atomic mass is 79.9. The van der Waals surface area contributed by atoms with E-state index < -0.39 is 0 Å². The molecule has 1 heterocycles. The Hall–Kier alpha value is -0.150. The van der Waals surface area contributed by atoms with Gasteiger partial charge in [0.25, 0.3) is 0 Å². The first-order valence-electron chi connectivity index (χ1n) is 5.37. The number of benzene rings is 1. The maximum atomic E-state index is 5.98. The van der Waals surface area contributed by atoms with E-state index in [1.165, 1.54) is 29.9 Å². The fourth-order valence-corrected chi connectivity index (χ4v) is 3.63. The lowest BCUT2D eigenvalue weighted by Gasteiger charge is -2.22. The number of rotatable bonds is 2. The Morgan fingerprint density at radius 3 is 2.80 bits per heavy atom. The van der Waals surface area contributed by atoms with E-state index >= 15 is 0 Å². The smallest absolute Gasteiger partial charge is 0.0347 e. The van der Waals surface area contributed by atoms with Crippen LogP contribution in [0.4, 0.5) is 5.69 Å². The lowest BCUT2D eigenvalue weighted by atomic mass is 9.93. The van der Waals surface area contributed by atoms with Crippen molar-refractivity contribution in [2.24, 2.45) is 5.92 Å². The van der Waals surface area contributed by atoms with Gasteiger partial charge in [-0.25, -0.2) is 0 Å². The van der Waals surface area contributed by atoms with Crippen molar-refractivity contribution in [2.75, 3.05) is 17.2 Å². The molecule has 0 aromatic heterocycles. The van der Waals surface area contributed by atoms with Gasteiger partial charge in [0.2, 0.25) is 0 Å². The van der Waals surface area contributed by atoms with E-state index in [-0.39, 0.29) is 0 Å². The molecule has 0 bridgehead atoms. The summed E-state index contributed by atoms with van der Waals surface area (Å²) in [6, 6.07) is 6.17. The number of nitrogens with two attached hydrogens (primary N) is 1. The summed E-state index contributed by atoms with van der Waals surface area (Å²) in [5.41, 5.74) is 8.23. The summed E-state index contributed by atoms with van der Waals surface area (Å²) in [4.78, 5) is 0. The van der Waals surface area contributed by atoms with Crippen LogP contribution in [-0.4, -0.2) is 11.5 Å². The molecule has 3 heteroatoms. The molecule has 0 saturated carbocycles. The molecule has 0 atom stereocenters. The van der Waals surface area contributed by atoms with E-state index in [9.17, 15) is 0 Å². The SMILES string of the molecule is Nc1ccc(Br)cc1CC1CCSCC1. The van der Waals surface area contributed by atoms with Crippen LogP contribution in [0.3, 0.4) is 0 Å². The molecule has 1 aromatic rings. The molecule has 0 spiro atoms. The summed E-state index contributed by atoms with van der Waals surface area (Å²) in [5, 5.41) is 0. The van der Waals surface area contributed by atoms with Crippen molar-refractivity contribution in [1.29, 1.82) is 0 Å². The lowest BCUT2D eigenvalue weighted by molar-refractivity contribution is 0.488. The van der Waals surface area contributed by atoms with Gasteiger partial charge in [0.1, 0.15) is 0 Å². The molecule has 1 aromatic carbocycles. The number of thioether (sulfide) groups is 1. The third-order valence-corrected chi connectivity index (χ3v) is 4.50. The second-order valence-corrected chi connectivity index (χ2v) is 6.24. The second kappa shape index (κ2) is 5.26. The highest BCUT2D eigenvalue weighted by Crippen LogP contribution is 2.28. The molecule has 0 amide bonds. The van der Waals surface area contributed by atoms with E-state index in [1.807, 2.05) is 12.1 Å². The van der Waals surface area contributed by atoms with Crippen LogP contribution >= 0.6 is 27.7 Å². The van der Waals surface area contributed by atoms with Crippen LogP contribution in [0.5, 0.6) is 0 Å². The van der Waals surface area contributed by atoms with Crippen LogP contribution in [0.2, 0.25) is 0 Å². The van der Waals surface area contributed by atoms with Crippen LogP contribution in [-0.2, 0) is 6.42 Å². The summed E-state index contributed by atoms with van der Waals surface area (Å²) in [7, 11) is 0. The molecular weight excluding hydrogens is 270 g/mol. The molecule has 0 aliphatic carbocycles. The van der Waals surface area contributed by atoms with E-state index in [0.717, 1.165) is 22.5 Å². The summed E-state index contributed by atoms with van der Waals surface area (Å²) in [6.07, 6.45) is 3.83. The number of hydrogen-bond donors (Lipinski definition) is 1. The van der Waals surface area contributed by atoms with Crippen LogP contribution in [0.25, 0.3) is 0 Å².